The fourth-order valence-electron chi connectivity index (χ4n) is 0.0447. The van der Waals surface area contributed by atoms with Gasteiger partial charge < -0.3 is 0 Å². The molecule has 0 rings (SSSR count). The van der Waals surface area contributed by atoms with E-state index in [1.165, 1.54) is 5.01 Å². The van der Waals surface area contributed by atoms with Crippen LogP contribution in [0.25, 0.3) is 0 Å². The molecule has 0 aliphatic heterocycles. The second kappa shape index (κ2) is 3.80. The van der Waals surface area contributed by atoms with Gasteiger partial charge in [-0.05, 0) is 0 Å². The van der Waals surface area contributed by atoms with Gasteiger partial charge in [-0.15, -0.1) is 0 Å². The van der Waals surface area contributed by atoms with Crippen LogP contribution in [0, 0.1) is 0 Å². The Hall–Kier alpha value is 0.620. The normalized spacial score (nSPS) is 10.0. The summed E-state index contributed by atoms with van der Waals surface area (Å²) in [6.45, 7) is 0. The molecule has 4 heteroatoms. The molecule has 0 bridgehead atoms. The summed E-state index contributed by atoms with van der Waals surface area (Å²) in [6.07, 6.45) is 0. The van der Waals surface area contributed by atoms with Crippen LogP contribution in [0.1, 0.15) is 0 Å². The zero-order chi connectivity index (χ0) is 4.99. The van der Waals surface area contributed by atoms with Crippen molar-refractivity contribution in [3.05, 3.63) is 0 Å². The maximum Gasteiger partial charge on any atom is 0.0564 e. The standard InChI is InChI=1S/C2H8N2S2/c3-4(1-5)2-6/h5-6H,1-3H2. The summed E-state index contributed by atoms with van der Waals surface area (Å²) in [5, 5.41) is 1.48. The van der Waals surface area contributed by atoms with Gasteiger partial charge in [0, 0.05) is 0 Å². The molecule has 0 aromatic rings. The van der Waals surface area contributed by atoms with Gasteiger partial charge in [-0.25, -0.2) is 5.01 Å². The van der Waals surface area contributed by atoms with E-state index in [9.17, 15) is 0 Å². The minimum atomic E-state index is 0.559. The van der Waals surface area contributed by atoms with Crippen molar-refractivity contribution in [2.24, 2.45) is 5.84 Å². The Labute approximate surface area is 48.5 Å². The van der Waals surface area contributed by atoms with Crippen molar-refractivity contribution in [1.82, 2.24) is 5.01 Å². The Kier molecular flexibility index (Phi) is 4.19. The molecule has 0 aliphatic rings. The summed E-state index contributed by atoms with van der Waals surface area (Å²) in [6, 6.07) is 0. The van der Waals surface area contributed by atoms with Crippen molar-refractivity contribution in [3.8, 4) is 0 Å². The average Bonchev–Trinajstić information content (AvgIpc) is 1.65. The lowest BCUT2D eigenvalue weighted by Crippen LogP contribution is -2.27. The highest BCUT2D eigenvalue weighted by Gasteiger charge is 1.83. The fourth-order valence-corrected chi connectivity index (χ4v) is 0.402. The van der Waals surface area contributed by atoms with Gasteiger partial charge in [0.15, 0.2) is 0 Å². The first-order chi connectivity index (χ1) is 2.81. The van der Waals surface area contributed by atoms with E-state index >= 15 is 0 Å². The van der Waals surface area contributed by atoms with Crippen LogP contribution in [0.4, 0.5) is 0 Å². The Balaban J connectivity index is 2.75. The predicted molar refractivity (Wildman–Crippen MR) is 33.7 cm³/mol. The molecule has 0 unspecified atom stereocenters. The number of hydrogen-bond donors (Lipinski definition) is 3. The van der Waals surface area contributed by atoms with E-state index in [2.05, 4.69) is 25.3 Å². The molecule has 0 aromatic heterocycles. The van der Waals surface area contributed by atoms with Crippen molar-refractivity contribution < 1.29 is 0 Å². The van der Waals surface area contributed by atoms with E-state index in [1.54, 1.807) is 0 Å². The van der Waals surface area contributed by atoms with E-state index in [1.807, 2.05) is 0 Å². The lowest BCUT2D eigenvalue weighted by Gasteiger charge is -2.05. The number of nitrogens with two attached hydrogens (primary N) is 1. The van der Waals surface area contributed by atoms with Crippen LogP contribution in [0.3, 0.4) is 0 Å². The van der Waals surface area contributed by atoms with Crippen molar-refractivity contribution in [2.45, 2.75) is 0 Å². The molecule has 0 amide bonds. The van der Waals surface area contributed by atoms with Gasteiger partial charge in [0.1, 0.15) is 0 Å². The van der Waals surface area contributed by atoms with Crippen LogP contribution in [-0.2, 0) is 0 Å². The summed E-state index contributed by atoms with van der Waals surface area (Å²) in [5.41, 5.74) is 0. The maximum absolute atomic E-state index is 5.15. The van der Waals surface area contributed by atoms with Crippen LogP contribution in [0.5, 0.6) is 0 Å². The van der Waals surface area contributed by atoms with Crippen LogP contribution < -0.4 is 5.84 Å². The quantitative estimate of drug-likeness (QED) is 0.208. The third-order valence-electron chi connectivity index (χ3n) is 0.363. The molecule has 2 nitrogen and oxygen atoms in total. The van der Waals surface area contributed by atoms with Crippen molar-refractivity contribution in [1.29, 1.82) is 0 Å². The van der Waals surface area contributed by atoms with Crippen LogP contribution in [0.2, 0.25) is 0 Å². The number of hydrogen-bond acceptors (Lipinski definition) is 4. The Bertz CT molecular complexity index is 28.7. The van der Waals surface area contributed by atoms with Crippen LogP contribution in [-0.4, -0.2) is 16.8 Å². The summed E-state index contributed by atoms with van der Waals surface area (Å²) in [5.74, 6) is 6.27. The molecule has 0 spiro atoms. The first-order valence-corrected chi connectivity index (χ1v) is 2.79. The molecular formula is C2H8N2S2. The third kappa shape index (κ3) is 2.84. The van der Waals surface area contributed by atoms with Crippen LogP contribution >= 0.6 is 25.3 Å². The Morgan fingerprint density at radius 2 is 1.67 bits per heavy atom. The van der Waals surface area contributed by atoms with Crippen LogP contribution in [0.15, 0.2) is 0 Å². The maximum atomic E-state index is 5.15. The first-order valence-electron chi connectivity index (χ1n) is 1.52. The zero-order valence-electron chi connectivity index (χ0n) is 3.33. The molecule has 6 heavy (non-hydrogen) atoms. The minimum Gasteiger partial charge on any atom is -0.267 e. The molecule has 0 saturated carbocycles. The number of nitrogens with zero attached hydrogens (tertiary/aromatic N) is 1. The largest absolute Gasteiger partial charge is 0.267 e. The summed E-state index contributed by atoms with van der Waals surface area (Å²) in [7, 11) is 0. The molecule has 0 atom stereocenters. The molecule has 0 fully saturated rings. The summed E-state index contributed by atoms with van der Waals surface area (Å²) in [4.78, 5) is 0. The van der Waals surface area contributed by atoms with Gasteiger partial charge in [0.05, 0.1) is 11.8 Å². The second-order valence-corrected chi connectivity index (χ2v) is 1.44. The van der Waals surface area contributed by atoms with Gasteiger partial charge >= 0.3 is 0 Å². The summed E-state index contributed by atoms with van der Waals surface area (Å²) < 4.78 is 0. The summed E-state index contributed by atoms with van der Waals surface area (Å²) >= 11 is 7.70. The number of hydrazine groups is 1. The van der Waals surface area contributed by atoms with E-state index in [0.29, 0.717) is 11.8 Å². The third-order valence-corrected chi connectivity index (χ3v) is 1.09. The Morgan fingerprint density at radius 3 is 1.67 bits per heavy atom. The van der Waals surface area contributed by atoms with E-state index in [0.717, 1.165) is 0 Å². The lowest BCUT2D eigenvalue weighted by molar-refractivity contribution is 0.400. The molecular weight excluding hydrogens is 116 g/mol. The monoisotopic (exact) mass is 124 g/mol. The molecule has 2 N–H and O–H groups in total. The minimum absolute atomic E-state index is 0.559. The highest BCUT2D eigenvalue weighted by Crippen LogP contribution is 1.80. The topological polar surface area (TPSA) is 29.3 Å². The average molecular weight is 124 g/mol. The van der Waals surface area contributed by atoms with Gasteiger partial charge in [-0.1, -0.05) is 0 Å². The predicted octanol–water partition coefficient (Wildman–Crippen LogP) is -0.0633. The first kappa shape index (κ1) is 6.62. The SMILES string of the molecule is NN(CS)CS. The zero-order valence-corrected chi connectivity index (χ0v) is 5.12. The number of thiol groups is 2. The molecule has 0 radical (unpaired) electrons. The smallest absolute Gasteiger partial charge is 0.0564 e. The van der Waals surface area contributed by atoms with Crippen molar-refractivity contribution in [2.75, 3.05) is 11.8 Å². The fraction of sp³-hybridized carbons (Fsp3) is 1.00. The number of rotatable bonds is 2. The molecule has 0 heterocycles. The second-order valence-electron chi connectivity index (χ2n) is 0.872. The molecule has 0 aliphatic carbocycles. The van der Waals surface area contributed by atoms with Gasteiger partial charge in [0.25, 0.3) is 0 Å². The van der Waals surface area contributed by atoms with E-state index < -0.39 is 0 Å². The highest BCUT2D eigenvalue weighted by molar-refractivity contribution is 7.81. The van der Waals surface area contributed by atoms with Gasteiger partial charge in [0.2, 0.25) is 0 Å². The lowest BCUT2D eigenvalue weighted by atomic mass is 11.2. The van der Waals surface area contributed by atoms with E-state index in [4.69, 9.17) is 5.84 Å². The van der Waals surface area contributed by atoms with E-state index in [-0.39, 0.29) is 0 Å². The Morgan fingerprint density at radius 1 is 1.33 bits per heavy atom. The van der Waals surface area contributed by atoms with Gasteiger partial charge in [-0.3, -0.25) is 5.84 Å². The van der Waals surface area contributed by atoms with Crippen molar-refractivity contribution in [3.63, 3.8) is 0 Å². The highest BCUT2D eigenvalue weighted by atomic mass is 32.1. The molecule has 38 valence electrons. The molecule has 0 saturated heterocycles. The molecule has 0 aromatic carbocycles. The van der Waals surface area contributed by atoms with Crippen molar-refractivity contribution >= 4 is 25.3 Å². The van der Waals surface area contributed by atoms with Gasteiger partial charge in [-0.2, -0.15) is 25.3 Å².